The van der Waals surface area contributed by atoms with Crippen LogP contribution in [0.3, 0.4) is 0 Å². The molecule has 152 valence electrons. The van der Waals surface area contributed by atoms with Gasteiger partial charge in [0.15, 0.2) is 5.65 Å². The Morgan fingerprint density at radius 3 is 2.59 bits per heavy atom. The van der Waals surface area contributed by atoms with E-state index in [-0.39, 0.29) is 6.03 Å². The molecule has 4 rings (SSSR count). The van der Waals surface area contributed by atoms with Gasteiger partial charge in [0.1, 0.15) is 12.1 Å². The topological polar surface area (TPSA) is 70.4 Å². The highest BCUT2D eigenvalue weighted by atomic mass is 35.5. The third-order valence-electron chi connectivity index (χ3n) is 5.28. The molecule has 9 heteroatoms. The first-order chi connectivity index (χ1) is 14.1. The van der Waals surface area contributed by atoms with Crippen LogP contribution in [0.25, 0.3) is 16.7 Å². The van der Waals surface area contributed by atoms with Crippen molar-refractivity contribution in [2.75, 3.05) is 44.2 Å². The zero-order chi connectivity index (χ0) is 20.4. The molecule has 3 aromatic rings. The van der Waals surface area contributed by atoms with Crippen LogP contribution in [0.2, 0.25) is 5.02 Å². The molecule has 2 aromatic heterocycles. The normalized spacial score (nSPS) is 14.4. The van der Waals surface area contributed by atoms with Crippen LogP contribution < -0.4 is 4.90 Å². The lowest BCUT2D eigenvalue weighted by molar-refractivity contribution is 0.154. The molecule has 0 radical (unpaired) electrons. The SMILES string of the molecule is CCN(CC)C(=O)N1CCN(c2ncnc3c2cnn3-c2cccc(Cl)c2)CC1. The van der Waals surface area contributed by atoms with Crippen molar-refractivity contribution in [1.82, 2.24) is 29.5 Å². The number of nitrogens with zero attached hydrogens (tertiary/aromatic N) is 7. The van der Waals surface area contributed by atoms with E-state index in [0.717, 1.165) is 48.7 Å². The van der Waals surface area contributed by atoms with Crippen LogP contribution in [-0.2, 0) is 0 Å². The van der Waals surface area contributed by atoms with Crippen LogP contribution in [0.1, 0.15) is 13.8 Å². The van der Waals surface area contributed by atoms with Crippen molar-refractivity contribution in [3.05, 3.63) is 41.8 Å². The van der Waals surface area contributed by atoms with E-state index in [0.29, 0.717) is 18.1 Å². The molecular formula is C20H24ClN7O. The fraction of sp³-hybridized carbons (Fsp3) is 0.400. The van der Waals surface area contributed by atoms with Crippen LogP contribution in [0.15, 0.2) is 36.8 Å². The van der Waals surface area contributed by atoms with Gasteiger partial charge >= 0.3 is 6.03 Å². The van der Waals surface area contributed by atoms with E-state index < -0.39 is 0 Å². The second-order valence-corrected chi connectivity index (χ2v) is 7.34. The zero-order valence-electron chi connectivity index (χ0n) is 16.6. The van der Waals surface area contributed by atoms with E-state index >= 15 is 0 Å². The molecule has 0 bridgehead atoms. The first-order valence-electron chi connectivity index (χ1n) is 9.85. The van der Waals surface area contributed by atoms with Crippen LogP contribution in [0.4, 0.5) is 10.6 Å². The average molecular weight is 414 g/mol. The summed E-state index contributed by atoms with van der Waals surface area (Å²) < 4.78 is 1.77. The minimum atomic E-state index is 0.108. The van der Waals surface area contributed by atoms with Crippen LogP contribution in [0, 0.1) is 0 Å². The lowest BCUT2D eigenvalue weighted by Gasteiger charge is -2.37. The summed E-state index contributed by atoms with van der Waals surface area (Å²) in [6, 6.07) is 7.62. The van der Waals surface area contributed by atoms with E-state index in [1.165, 1.54) is 0 Å². The molecule has 2 amide bonds. The molecule has 1 aromatic carbocycles. The molecule has 1 saturated heterocycles. The smallest absolute Gasteiger partial charge is 0.320 e. The van der Waals surface area contributed by atoms with Gasteiger partial charge in [0.25, 0.3) is 0 Å². The van der Waals surface area contributed by atoms with Gasteiger partial charge in [-0.3, -0.25) is 0 Å². The quantitative estimate of drug-likeness (QED) is 0.657. The summed E-state index contributed by atoms with van der Waals surface area (Å²) >= 11 is 6.13. The summed E-state index contributed by atoms with van der Waals surface area (Å²) in [6.07, 6.45) is 3.35. The van der Waals surface area contributed by atoms with Crippen molar-refractivity contribution in [3.63, 3.8) is 0 Å². The highest BCUT2D eigenvalue weighted by Gasteiger charge is 2.26. The Hall–Kier alpha value is -2.87. The Bertz CT molecular complexity index is 1010. The van der Waals surface area contributed by atoms with Crippen molar-refractivity contribution in [2.45, 2.75) is 13.8 Å². The number of urea groups is 1. The molecule has 1 fully saturated rings. The lowest BCUT2D eigenvalue weighted by Crippen LogP contribution is -2.53. The fourth-order valence-electron chi connectivity index (χ4n) is 3.68. The minimum absolute atomic E-state index is 0.108. The molecule has 0 atom stereocenters. The number of benzene rings is 1. The van der Waals surface area contributed by atoms with Crippen LogP contribution in [-0.4, -0.2) is 74.8 Å². The number of hydrogen-bond donors (Lipinski definition) is 0. The van der Waals surface area contributed by atoms with Gasteiger partial charge in [-0.15, -0.1) is 0 Å². The third kappa shape index (κ3) is 3.72. The molecular weight excluding hydrogens is 390 g/mol. The molecule has 3 heterocycles. The third-order valence-corrected chi connectivity index (χ3v) is 5.52. The van der Waals surface area contributed by atoms with Gasteiger partial charge in [-0.25, -0.2) is 19.4 Å². The number of halogens is 1. The number of carbonyl (C=O) groups is 1. The summed E-state index contributed by atoms with van der Waals surface area (Å²) in [6.45, 7) is 8.25. The van der Waals surface area contributed by atoms with Gasteiger partial charge in [0.05, 0.1) is 17.3 Å². The molecule has 8 nitrogen and oxygen atoms in total. The summed E-state index contributed by atoms with van der Waals surface area (Å²) in [5.41, 5.74) is 1.59. The first kappa shape index (κ1) is 19.4. The molecule has 29 heavy (non-hydrogen) atoms. The number of rotatable bonds is 4. The highest BCUT2D eigenvalue weighted by Crippen LogP contribution is 2.26. The molecule has 0 aliphatic carbocycles. The number of amides is 2. The maximum atomic E-state index is 12.6. The monoisotopic (exact) mass is 413 g/mol. The number of piperazine rings is 1. The summed E-state index contributed by atoms with van der Waals surface area (Å²) in [5.74, 6) is 0.846. The maximum absolute atomic E-state index is 12.6. The van der Waals surface area contributed by atoms with E-state index in [4.69, 9.17) is 11.6 Å². The molecule has 0 unspecified atom stereocenters. The van der Waals surface area contributed by atoms with Gasteiger partial charge < -0.3 is 14.7 Å². The predicted octanol–water partition coefficient (Wildman–Crippen LogP) is 3.05. The zero-order valence-corrected chi connectivity index (χ0v) is 17.4. The first-order valence-corrected chi connectivity index (χ1v) is 10.2. The van der Waals surface area contributed by atoms with Crippen molar-refractivity contribution >= 4 is 34.5 Å². The number of fused-ring (bicyclic) bond motifs is 1. The van der Waals surface area contributed by atoms with Gasteiger partial charge in [0.2, 0.25) is 0 Å². The van der Waals surface area contributed by atoms with E-state index in [1.54, 1.807) is 17.2 Å². The Labute approximate surface area is 174 Å². The van der Waals surface area contributed by atoms with Gasteiger partial charge in [0, 0.05) is 44.3 Å². The summed E-state index contributed by atoms with van der Waals surface area (Å²) in [5, 5.41) is 6.04. The standard InChI is InChI=1S/C20H24ClN7O/c1-3-25(4-2)20(29)27-10-8-26(9-11-27)18-17-13-24-28(19(17)23-14-22-18)16-7-5-6-15(21)12-16/h5-7,12-14H,3-4,8-11H2,1-2H3. The number of hydrogen-bond acceptors (Lipinski definition) is 5. The molecule has 0 spiro atoms. The Morgan fingerprint density at radius 2 is 1.90 bits per heavy atom. The van der Waals surface area contributed by atoms with Gasteiger partial charge in [-0.05, 0) is 32.0 Å². The lowest BCUT2D eigenvalue weighted by atomic mass is 10.2. The molecule has 1 aliphatic rings. The predicted molar refractivity (Wildman–Crippen MR) is 114 cm³/mol. The Balaban J connectivity index is 1.56. The average Bonchev–Trinajstić information content (AvgIpc) is 3.19. The van der Waals surface area contributed by atoms with Gasteiger partial charge in [-0.2, -0.15) is 5.10 Å². The van der Waals surface area contributed by atoms with Crippen molar-refractivity contribution in [2.24, 2.45) is 0 Å². The van der Waals surface area contributed by atoms with Gasteiger partial charge in [-0.1, -0.05) is 17.7 Å². The summed E-state index contributed by atoms with van der Waals surface area (Å²) in [4.78, 5) is 27.5. The molecule has 0 N–H and O–H groups in total. The van der Waals surface area contributed by atoms with E-state index in [2.05, 4.69) is 20.0 Å². The van der Waals surface area contributed by atoms with Crippen LogP contribution in [0.5, 0.6) is 0 Å². The number of aromatic nitrogens is 4. The van der Waals surface area contributed by atoms with E-state index in [9.17, 15) is 4.79 Å². The van der Waals surface area contributed by atoms with E-state index in [1.807, 2.05) is 47.9 Å². The Kier molecular flexibility index (Phi) is 5.53. The maximum Gasteiger partial charge on any atom is 0.320 e. The molecule has 0 saturated carbocycles. The Morgan fingerprint density at radius 1 is 1.14 bits per heavy atom. The summed E-state index contributed by atoms with van der Waals surface area (Å²) in [7, 11) is 0. The second-order valence-electron chi connectivity index (χ2n) is 6.90. The number of carbonyl (C=O) groups excluding carboxylic acids is 1. The van der Waals surface area contributed by atoms with Crippen molar-refractivity contribution in [1.29, 1.82) is 0 Å². The number of anilines is 1. The largest absolute Gasteiger partial charge is 0.352 e. The fourth-order valence-corrected chi connectivity index (χ4v) is 3.87. The van der Waals surface area contributed by atoms with Crippen molar-refractivity contribution in [3.8, 4) is 5.69 Å². The molecule has 1 aliphatic heterocycles. The van der Waals surface area contributed by atoms with Crippen molar-refractivity contribution < 1.29 is 4.79 Å². The minimum Gasteiger partial charge on any atom is -0.352 e. The van der Waals surface area contributed by atoms with Crippen LogP contribution >= 0.6 is 11.6 Å². The highest BCUT2D eigenvalue weighted by molar-refractivity contribution is 6.30. The second kappa shape index (κ2) is 8.24.